The summed E-state index contributed by atoms with van der Waals surface area (Å²) < 4.78 is 10.7. The van der Waals surface area contributed by atoms with Crippen molar-refractivity contribution in [3.8, 4) is 5.75 Å². The molecule has 2 aliphatic heterocycles. The number of nitrogens with zero attached hydrogens (tertiary/aromatic N) is 1. The Morgan fingerprint density at radius 2 is 1.77 bits per heavy atom. The largest absolute Gasteiger partial charge is 0.698 e. The summed E-state index contributed by atoms with van der Waals surface area (Å²) in [7, 11) is 0. The molecular formula is C33H40N5O8Y-. The maximum atomic E-state index is 12.4. The third-order valence-electron chi connectivity index (χ3n) is 7.48. The molecule has 0 spiro atoms. The molecule has 47 heavy (non-hydrogen) atoms. The first-order chi connectivity index (χ1) is 21.9. The van der Waals surface area contributed by atoms with Gasteiger partial charge in [0, 0.05) is 68.9 Å². The van der Waals surface area contributed by atoms with Gasteiger partial charge in [-0.25, -0.2) is 10.3 Å². The number of carbonyl (C=O) groups is 4. The number of benzene rings is 3. The zero-order chi connectivity index (χ0) is 33.4. The van der Waals surface area contributed by atoms with Gasteiger partial charge in [0.15, 0.2) is 0 Å². The zero-order valence-electron chi connectivity index (χ0n) is 26.7. The summed E-state index contributed by atoms with van der Waals surface area (Å²) in [6, 6.07) is 14.1. The molecule has 249 valence electrons. The Hall–Kier alpha value is -3.62. The number of imide groups is 1. The van der Waals surface area contributed by atoms with Gasteiger partial charge in [0.25, 0.3) is 5.91 Å². The van der Waals surface area contributed by atoms with Crippen LogP contribution in [0.5, 0.6) is 5.75 Å². The molecule has 1 unspecified atom stereocenters. The maximum absolute atomic E-state index is 12.4. The molecule has 1 saturated heterocycles. The second-order valence-electron chi connectivity index (χ2n) is 11.9. The van der Waals surface area contributed by atoms with Gasteiger partial charge in [0.05, 0.1) is 19.8 Å². The van der Waals surface area contributed by atoms with Crippen molar-refractivity contribution in [2.45, 2.75) is 64.8 Å². The molecule has 4 amide bonds. The van der Waals surface area contributed by atoms with E-state index in [-0.39, 0.29) is 76.2 Å². The number of piperidine rings is 1. The predicted octanol–water partition coefficient (Wildman–Crippen LogP) is 4.24. The molecular weight excluding hydrogens is 683 g/mol. The van der Waals surface area contributed by atoms with E-state index in [0.717, 1.165) is 17.2 Å². The van der Waals surface area contributed by atoms with Gasteiger partial charge in [-0.2, -0.15) is 0 Å². The number of phenols is 1. The standard InChI is InChI=1S/C19H25N2O3.C14H15N3O5.Y/c1-19(2,3)24-18(22)21-11-13-23-12-10-14-6-4-8-16-15(14)7-5-9-17(16)20;18-11-4-3-10(13(20)16-11)17-6-9-8(14(17)21)2-1-7(5-15-22)12(9)19;/h4-9,20H,10-13H2,1-3H3,(H,21,22);1-2,10,15,19,22H,3-6H2,(H,16,18,20);/q-1;;. The van der Waals surface area contributed by atoms with Gasteiger partial charge >= 0.3 is 6.09 Å². The van der Waals surface area contributed by atoms with E-state index in [0.29, 0.717) is 42.1 Å². The van der Waals surface area contributed by atoms with E-state index in [9.17, 15) is 24.3 Å². The third kappa shape index (κ3) is 9.94. The van der Waals surface area contributed by atoms with Crippen LogP contribution in [0.1, 0.15) is 60.7 Å². The number of alkyl carbamates (subject to hydrolysis) is 1. The molecule has 1 fully saturated rings. The molecule has 0 bridgehead atoms. The van der Waals surface area contributed by atoms with Crippen molar-refractivity contribution in [3.05, 3.63) is 76.5 Å². The second kappa shape index (κ2) is 17.0. The van der Waals surface area contributed by atoms with Gasteiger partial charge in [-0.3, -0.25) is 19.7 Å². The second-order valence-corrected chi connectivity index (χ2v) is 11.9. The number of amides is 4. The number of rotatable bonds is 9. The van der Waals surface area contributed by atoms with Crippen molar-refractivity contribution in [1.29, 1.82) is 0 Å². The Kier molecular flexibility index (Phi) is 13.7. The summed E-state index contributed by atoms with van der Waals surface area (Å²) in [5.74, 6) is -1.25. The molecule has 1 radical (unpaired) electrons. The van der Waals surface area contributed by atoms with Crippen LogP contribution in [0.15, 0.2) is 48.5 Å². The summed E-state index contributed by atoms with van der Waals surface area (Å²) in [5.41, 5.74) is 12.3. The summed E-state index contributed by atoms with van der Waals surface area (Å²) in [4.78, 5) is 48.4. The Morgan fingerprint density at radius 1 is 1.04 bits per heavy atom. The molecule has 3 aromatic carbocycles. The Morgan fingerprint density at radius 3 is 2.47 bits per heavy atom. The van der Waals surface area contributed by atoms with Gasteiger partial charge < -0.3 is 35.7 Å². The number of fused-ring (bicyclic) bond motifs is 2. The van der Waals surface area contributed by atoms with Gasteiger partial charge in [0.2, 0.25) is 11.8 Å². The van der Waals surface area contributed by atoms with Gasteiger partial charge in [0.1, 0.15) is 17.4 Å². The van der Waals surface area contributed by atoms with E-state index in [2.05, 4.69) is 16.7 Å². The molecule has 2 aliphatic rings. The van der Waals surface area contributed by atoms with E-state index < -0.39 is 23.6 Å². The molecule has 0 aromatic heterocycles. The third-order valence-corrected chi connectivity index (χ3v) is 7.48. The van der Waals surface area contributed by atoms with Crippen molar-refractivity contribution in [3.63, 3.8) is 0 Å². The topological polar surface area (TPSA) is 190 Å². The average Bonchev–Trinajstić information content (AvgIpc) is 3.32. The molecule has 6 N–H and O–H groups in total. The van der Waals surface area contributed by atoms with Crippen molar-refractivity contribution in [1.82, 2.24) is 21.0 Å². The van der Waals surface area contributed by atoms with E-state index in [1.54, 1.807) is 18.2 Å². The zero-order valence-corrected chi connectivity index (χ0v) is 29.6. The van der Waals surface area contributed by atoms with Crippen LogP contribution in [-0.4, -0.2) is 70.4 Å². The van der Waals surface area contributed by atoms with E-state index in [1.807, 2.05) is 50.5 Å². The summed E-state index contributed by atoms with van der Waals surface area (Å²) in [6.07, 6.45) is 0.800. The number of nitrogens with one attached hydrogen (secondary N) is 4. The number of ether oxygens (including phenoxy) is 2. The minimum atomic E-state index is -0.712. The first-order valence-corrected chi connectivity index (χ1v) is 15.0. The molecule has 2 heterocycles. The molecule has 14 heteroatoms. The van der Waals surface area contributed by atoms with Gasteiger partial charge in [-0.15, -0.1) is 5.69 Å². The monoisotopic (exact) mass is 723 g/mol. The van der Waals surface area contributed by atoms with Crippen molar-refractivity contribution in [2.75, 3.05) is 19.8 Å². The van der Waals surface area contributed by atoms with Crippen molar-refractivity contribution in [2.24, 2.45) is 0 Å². The van der Waals surface area contributed by atoms with Crippen molar-refractivity contribution < 1.29 is 71.7 Å². The smallest absolute Gasteiger partial charge is 0.407 e. The number of hydrogen-bond acceptors (Lipinski definition) is 9. The molecule has 3 aromatic rings. The average molecular weight is 724 g/mol. The van der Waals surface area contributed by atoms with Crippen molar-refractivity contribution >= 4 is 40.3 Å². The fourth-order valence-corrected chi connectivity index (χ4v) is 5.32. The number of hydroxylamine groups is 1. The van der Waals surface area contributed by atoms with Crippen LogP contribution in [0.4, 0.5) is 10.5 Å². The van der Waals surface area contributed by atoms with Crippen LogP contribution < -0.4 is 16.1 Å². The fraction of sp³-hybridized carbons (Fsp3) is 0.394. The van der Waals surface area contributed by atoms with Gasteiger partial charge in [-0.1, -0.05) is 42.5 Å². The Bertz CT molecular complexity index is 1610. The molecule has 1 atom stereocenters. The van der Waals surface area contributed by atoms with Crippen LogP contribution in [-0.2, 0) is 71.3 Å². The normalized spacial score (nSPS) is 15.7. The van der Waals surface area contributed by atoms with Crippen LogP contribution in [0.3, 0.4) is 0 Å². The summed E-state index contributed by atoms with van der Waals surface area (Å²) in [6.45, 7) is 7.06. The summed E-state index contributed by atoms with van der Waals surface area (Å²) in [5, 5.41) is 25.9. The fourth-order valence-electron chi connectivity index (χ4n) is 5.32. The van der Waals surface area contributed by atoms with Crippen LogP contribution in [0.2, 0.25) is 0 Å². The first kappa shape index (κ1) is 37.8. The summed E-state index contributed by atoms with van der Waals surface area (Å²) >= 11 is 0. The molecule has 13 nitrogen and oxygen atoms in total. The number of aromatic hydroxyl groups is 1. The van der Waals surface area contributed by atoms with E-state index >= 15 is 0 Å². The van der Waals surface area contributed by atoms with Crippen LogP contribution in [0, 0.1) is 0 Å². The predicted molar refractivity (Wildman–Crippen MR) is 169 cm³/mol. The Balaban J connectivity index is 0.000000251. The number of carbonyl (C=O) groups excluding carboxylic acids is 4. The number of phenolic OH excluding ortho intramolecular Hbond substituents is 1. The molecule has 0 aliphatic carbocycles. The minimum absolute atomic E-state index is 0. The quantitative estimate of drug-likeness (QED) is 0.122. The van der Waals surface area contributed by atoms with Crippen LogP contribution in [0.25, 0.3) is 16.5 Å². The van der Waals surface area contributed by atoms with E-state index in [4.69, 9.17) is 20.4 Å². The maximum Gasteiger partial charge on any atom is 0.407 e. The Labute approximate surface area is 298 Å². The van der Waals surface area contributed by atoms with Gasteiger partial charge in [-0.05, 0) is 56.0 Å². The molecule has 5 rings (SSSR count). The molecule has 0 saturated carbocycles. The van der Waals surface area contributed by atoms with Crippen LogP contribution >= 0.6 is 0 Å². The minimum Gasteiger partial charge on any atom is -0.698 e. The first-order valence-electron chi connectivity index (χ1n) is 15.0. The van der Waals surface area contributed by atoms with E-state index in [1.165, 1.54) is 10.5 Å². The number of hydrogen-bond donors (Lipinski definition) is 5. The SMILES string of the molecule is CC(C)(C)OC(=O)NCCOCCc1cccc2c([NH-])cccc12.O=C1CCC(N2Cc3c(ccc(CNO)c3O)C2=O)C(=O)N1.[Y].